The summed E-state index contributed by atoms with van der Waals surface area (Å²) >= 11 is 1.63. The summed E-state index contributed by atoms with van der Waals surface area (Å²) in [6.07, 6.45) is 6.34. The number of aromatic nitrogens is 4. The average Bonchev–Trinajstić information content (AvgIpc) is 3.18. The highest BCUT2D eigenvalue weighted by molar-refractivity contribution is 7.18. The molecule has 0 saturated carbocycles. The van der Waals surface area contributed by atoms with Gasteiger partial charge in [-0.3, -0.25) is 18.6 Å². The van der Waals surface area contributed by atoms with Crippen LogP contribution in [0.3, 0.4) is 0 Å². The van der Waals surface area contributed by atoms with Crippen molar-refractivity contribution in [3.63, 3.8) is 0 Å². The van der Waals surface area contributed by atoms with E-state index >= 15 is 0 Å². The molecular formula is C18H14N4O2S. The number of rotatable bonds is 2. The van der Waals surface area contributed by atoms with Gasteiger partial charge < -0.3 is 0 Å². The van der Waals surface area contributed by atoms with Gasteiger partial charge in [0.2, 0.25) is 0 Å². The van der Waals surface area contributed by atoms with Crippen molar-refractivity contribution in [3.8, 4) is 0 Å². The van der Waals surface area contributed by atoms with Crippen LogP contribution in [-0.2, 0) is 19.4 Å². The Bertz CT molecular complexity index is 1250. The first-order chi connectivity index (χ1) is 12.2. The average molecular weight is 350 g/mol. The first kappa shape index (κ1) is 14.5. The van der Waals surface area contributed by atoms with Crippen molar-refractivity contribution in [1.29, 1.82) is 0 Å². The number of thiophene rings is 1. The Morgan fingerprint density at radius 3 is 3.04 bits per heavy atom. The Morgan fingerprint density at radius 1 is 1.20 bits per heavy atom. The van der Waals surface area contributed by atoms with Crippen LogP contribution in [0.1, 0.15) is 22.6 Å². The topological polar surface area (TPSA) is 69.3 Å². The van der Waals surface area contributed by atoms with E-state index in [-0.39, 0.29) is 17.7 Å². The molecule has 1 aliphatic rings. The molecule has 124 valence electrons. The van der Waals surface area contributed by atoms with Crippen LogP contribution in [0.25, 0.3) is 15.9 Å². The molecule has 0 unspecified atom stereocenters. The van der Waals surface area contributed by atoms with Crippen LogP contribution in [0.5, 0.6) is 0 Å². The van der Waals surface area contributed by atoms with E-state index in [1.165, 1.54) is 20.9 Å². The van der Waals surface area contributed by atoms with Crippen molar-refractivity contribution in [2.75, 3.05) is 0 Å². The smallest absolute Gasteiger partial charge is 0.262 e. The molecule has 5 rings (SSSR count). The van der Waals surface area contributed by atoms with E-state index in [0.717, 1.165) is 29.5 Å². The largest absolute Gasteiger partial charge is 0.293 e. The fourth-order valence-corrected chi connectivity index (χ4v) is 4.71. The maximum Gasteiger partial charge on any atom is 0.262 e. The van der Waals surface area contributed by atoms with Gasteiger partial charge in [0.05, 0.1) is 24.0 Å². The second kappa shape index (κ2) is 5.35. The van der Waals surface area contributed by atoms with Crippen molar-refractivity contribution in [2.24, 2.45) is 0 Å². The van der Waals surface area contributed by atoms with Gasteiger partial charge in [0.15, 0.2) is 0 Å². The van der Waals surface area contributed by atoms with Crippen molar-refractivity contribution in [3.05, 3.63) is 73.6 Å². The van der Waals surface area contributed by atoms with Crippen molar-refractivity contribution >= 4 is 27.2 Å². The Hall–Kier alpha value is -2.80. The van der Waals surface area contributed by atoms with Gasteiger partial charge in [0, 0.05) is 17.1 Å². The van der Waals surface area contributed by atoms with Gasteiger partial charge in [-0.1, -0.05) is 6.07 Å². The third kappa shape index (κ3) is 2.23. The lowest BCUT2D eigenvalue weighted by molar-refractivity contribution is 0.727. The Morgan fingerprint density at radius 2 is 2.12 bits per heavy atom. The zero-order chi connectivity index (χ0) is 17.0. The predicted octanol–water partition coefficient (Wildman–Crippen LogP) is 2.00. The second-order valence-electron chi connectivity index (χ2n) is 6.23. The molecule has 6 nitrogen and oxygen atoms in total. The lowest BCUT2D eigenvalue weighted by Crippen LogP contribution is -2.23. The van der Waals surface area contributed by atoms with Crippen LogP contribution < -0.4 is 11.1 Å². The van der Waals surface area contributed by atoms with Crippen LogP contribution >= 0.6 is 11.3 Å². The number of nitrogens with zero attached hydrogens (tertiary/aromatic N) is 4. The molecule has 7 heteroatoms. The van der Waals surface area contributed by atoms with Gasteiger partial charge in [-0.05, 0) is 37.0 Å². The Kier molecular flexibility index (Phi) is 3.11. The van der Waals surface area contributed by atoms with Gasteiger partial charge in [0.1, 0.15) is 10.5 Å². The molecule has 0 aromatic carbocycles. The fraction of sp³-hybridized carbons (Fsp3) is 0.222. The monoisotopic (exact) mass is 350 g/mol. The second-order valence-corrected chi connectivity index (χ2v) is 7.31. The van der Waals surface area contributed by atoms with Crippen LogP contribution in [0, 0.1) is 0 Å². The number of pyridine rings is 1. The zero-order valence-electron chi connectivity index (χ0n) is 13.3. The minimum atomic E-state index is -0.154. The molecule has 0 aliphatic heterocycles. The summed E-state index contributed by atoms with van der Waals surface area (Å²) in [6, 6.07) is 6.87. The Labute approximate surface area is 146 Å². The van der Waals surface area contributed by atoms with Gasteiger partial charge in [0.25, 0.3) is 11.1 Å². The molecule has 1 aliphatic carbocycles. The van der Waals surface area contributed by atoms with E-state index in [1.807, 2.05) is 6.07 Å². The van der Waals surface area contributed by atoms with E-state index < -0.39 is 0 Å². The molecule has 0 spiro atoms. The Balaban J connectivity index is 1.64. The SMILES string of the molecule is O=c1c2c3c(sc2ncn1Cc1cc(=O)n2ccccc2n1)CCC3. The minimum absolute atomic E-state index is 0.0422. The number of fused-ring (bicyclic) bond motifs is 4. The van der Waals surface area contributed by atoms with Crippen LogP contribution in [-0.4, -0.2) is 18.9 Å². The molecule has 0 N–H and O–H groups in total. The third-order valence-corrected chi connectivity index (χ3v) is 5.85. The van der Waals surface area contributed by atoms with Crippen molar-refractivity contribution in [2.45, 2.75) is 25.8 Å². The normalized spacial score (nSPS) is 13.6. The summed E-state index contributed by atoms with van der Waals surface area (Å²) in [4.78, 5) is 36.2. The molecule has 4 aromatic rings. The summed E-state index contributed by atoms with van der Waals surface area (Å²) in [5.41, 5.74) is 2.10. The van der Waals surface area contributed by atoms with E-state index in [9.17, 15) is 9.59 Å². The lowest BCUT2D eigenvalue weighted by Gasteiger charge is -2.07. The molecule has 0 atom stereocenters. The highest BCUT2D eigenvalue weighted by Gasteiger charge is 2.21. The minimum Gasteiger partial charge on any atom is -0.293 e. The molecular weight excluding hydrogens is 336 g/mol. The lowest BCUT2D eigenvalue weighted by atomic mass is 10.2. The first-order valence-electron chi connectivity index (χ1n) is 8.18. The molecule has 0 amide bonds. The highest BCUT2D eigenvalue weighted by Crippen LogP contribution is 2.34. The van der Waals surface area contributed by atoms with E-state index in [1.54, 1.807) is 40.6 Å². The van der Waals surface area contributed by atoms with E-state index in [0.29, 0.717) is 11.3 Å². The van der Waals surface area contributed by atoms with Gasteiger partial charge >= 0.3 is 0 Å². The number of aryl methyl sites for hydroxylation is 2. The summed E-state index contributed by atoms with van der Waals surface area (Å²) in [5, 5.41) is 0.748. The summed E-state index contributed by atoms with van der Waals surface area (Å²) in [6.45, 7) is 0.243. The maximum absolute atomic E-state index is 12.9. The van der Waals surface area contributed by atoms with Gasteiger partial charge in [-0.2, -0.15) is 0 Å². The highest BCUT2D eigenvalue weighted by atomic mass is 32.1. The molecule has 0 fully saturated rings. The molecule has 0 bridgehead atoms. The van der Waals surface area contributed by atoms with Crippen molar-refractivity contribution in [1.82, 2.24) is 18.9 Å². The molecule has 25 heavy (non-hydrogen) atoms. The van der Waals surface area contributed by atoms with Crippen LogP contribution in [0.4, 0.5) is 0 Å². The van der Waals surface area contributed by atoms with E-state index in [4.69, 9.17) is 0 Å². The summed E-state index contributed by atoms with van der Waals surface area (Å²) in [5.74, 6) is 0. The fourth-order valence-electron chi connectivity index (χ4n) is 3.49. The van der Waals surface area contributed by atoms with Gasteiger partial charge in [-0.15, -0.1) is 11.3 Å². The third-order valence-electron chi connectivity index (χ3n) is 4.65. The maximum atomic E-state index is 12.9. The van der Waals surface area contributed by atoms with Crippen LogP contribution in [0.2, 0.25) is 0 Å². The van der Waals surface area contributed by atoms with E-state index in [2.05, 4.69) is 9.97 Å². The first-order valence-corrected chi connectivity index (χ1v) is 8.99. The quantitative estimate of drug-likeness (QED) is 0.554. The number of hydrogen-bond donors (Lipinski definition) is 0. The molecule has 0 saturated heterocycles. The van der Waals surface area contributed by atoms with Gasteiger partial charge in [-0.25, -0.2) is 9.97 Å². The molecule has 0 radical (unpaired) electrons. The molecule has 4 aromatic heterocycles. The van der Waals surface area contributed by atoms with Crippen LogP contribution in [0.15, 0.2) is 46.4 Å². The van der Waals surface area contributed by atoms with Crippen molar-refractivity contribution < 1.29 is 0 Å². The standard InChI is InChI=1S/C18H14N4O2S/c23-15-8-11(20-14-6-1-2-7-22(14)15)9-21-10-19-17-16(18(21)24)12-4-3-5-13(12)25-17/h1-2,6-8,10H,3-5,9H2. The zero-order valence-corrected chi connectivity index (χ0v) is 14.1. The number of hydrogen-bond acceptors (Lipinski definition) is 5. The summed E-state index contributed by atoms with van der Waals surface area (Å²) < 4.78 is 3.04. The molecule has 4 heterocycles. The predicted molar refractivity (Wildman–Crippen MR) is 96.5 cm³/mol. The summed E-state index contributed by atoms with van der Waals surface area (Å²) in [7, 11) is 0.